The monoisotopic (exact) mass is 191 g/mol. The Labute approximate surface area is 82.6 Å². The Bertz CT molecular complexity index is 372. The van der Waals surface area contributed by atoms with Crippen LogP contribution in [-0.2, 0) is 4.79 Å². The molecule has 0 saturated carbocycles. The third-order valence-corrected chi connectivity index (χ3v) is 1.78. The summed E-state index contributed by atoms with van der Waals surface area (Å²) in [6.07, 6.45) is 5.25. The predicted molar refractivity (Wildman–Crippen MR) is 56.2 cm³/mol. The SMILES string of the molecule is Cc1cc(C=CCC(N)=O)ncc1N. The van der Waals surface area contributed by atoms with E-state index < -0.39 is 0 Å². The lowest BCUT2D eigenvalue weighted by Crippen LogP contribution is -2.07. The topological polar surface area (TPSA) is 82.0 Å². The fourth-order valence-electron chi connectivity index (χ4n) is 0.975. The zero-order valence-corrected chi connectivity index (χ0v) is 8.03. The highest BCUT2D eigenvalue weighted by Gasteiger charge is 1.94. The molecule has 14 heavy (non-hydrogen) atoms. The van der Waals surface area contributed by atoms with Gasteiger partial charge < -0.3 is 11.5 Å². The molecule has 0 radical (unpaired) electrons. The van der Waals surface area contributed by atoms with E-state index in [0.717, 1.165) is 11.3 Å². The van der Waals surface area contributed by atoms with Gasteiger partial charge in [-0.1, -0.05) is 6.08 Å². The van der Waals surface area contributed by atoms with Crippen LogP contribution in [0.5, 0.6) is 0 Å². The molecular formula is C10H13N3O. The number of rotatable bonds is 3. The molecule has 4 nitrogen and oxygen atoms in total. The van der Waals surface area contributed by atoms with Gasteiger partial charge in [0.25, 0.3) is 0 Å². The molecule has 1 rings (SSSR count). The van der Waals surface area contributed by atoms with Crippen LogP contribution in [0, 0.1) is 6.92 Å². The molecule has 0 aliphatic rings. The Hall–Kier alpha value is -1.84. The summed E-state index contributed by atoms with van der Waals surface area (Å²) in [6, 6.07) is 1.85. The molecule has 0 saturated heterocycles. The van der Waals surface area contributed by atoms with E-state index in [0.29, 0.717) is 5.69 Å². The van der Waals surface area contributed by atoms with Crippen LogP contribution in [0.1, 0.15) is 17.7 Å². The minimum atomic E-state index is -0.353. The van der Waals surface area contributed by atoms with Crippen molar-refractivity contribution in [2.45, 2.75) is 13.3 Å². The maximum Gasteiger partial charge on any atom is 0.221 e. The zero-order chi connectivity index (χ0) is 10.6. The Balaban J connectivity index is 2.73. The van der Waals surface area contributed by atoms with Crippen LogP contribution in [0.2, 0.25) is 0 Å². The predicted octanol–water partition coefficient (Wildman–Crippen LogP) is 0.861. The van der Waals surface area contributed by atoms with Gasteiger partial charge in [0.2, 0.25) is 5.91 Å². The van der Waals surface area contributed by atoms with E-state index in [1.807, 2.05) is 13.0 Å². The average Bonchev–Trinajstić information content (AvgIpc) is 2.10. The van der Waals surface area contributed by atoms with Crippen LogP contribution < -0.4 is 11.5 Å². The lowest BCUT2D eigenvalue weighted by atomic mass is 10.2. The van der Waals surface area contributed by atoms with Crippen LogP contribution in [0.3, 0.4) is 0 Å². The van der Waals surface area contributed by atoms with Crippen molar-refractivity contribution in [2.24, 2.45) is 5.73 Å². The second kappa shape index (κ2) is 4.41. The number of nitrogens with zero attached hydrogens (tertiary/aromatic N) is 1. The first-order chi connectivity index (χ1) is 6.59. The van der Waals surface area contributed by atoms with Crippen molar-refractivity contribution in [3.63, 3.8) is 0 Å². The van der Waals surface area contributed by atoms with Gasteiger partial charge in [0.15, 0.2) is 0 Å². The molecule has 74 valence electrons. The molecule has 0 unspecified atom stereocenters. The first-order valence-corrected chi connectivity index (χ1v) is 4.26. The Morgan fingerprint density at radius 1 is 1.64 bits per heavy atom. The van der Waals surface area contributed by atoms with E-state index in [9.17, 15) is 4.79 Å². The molecule has 0 aliphatic heterocycles. The number of hydrogen-bond acceptors (Lipinski definition) is 3. The standard InChI is InChI=1S/C10H13N3O/c1-7-5-8(13-6-9(7)11)3-2-4-10(12)14/h2-3,5-6H,4,11H2,1H3,(H2,12,14). The molecule has 1 aromatic heterocycles. The molecule has 0 aliphatic carbocycles. The van der Waals surface area contributed by atoms with E-state index >= 15 is 0 Å². The molecule has 0 aromatic carbocycles. The van der Waals surface area contributed by atoms with E-state index in [1.54, 1.807) is 18.3 Å². The zero-order valence-electron chi connectivity index (χ0n) is 8.03. The van der Waals surface area contributed by atoms with Crippen LogP contribution in [0.15, 0.2) is 18.3 Å². The van der Waals surface area contributed by atoms with Gasteiger partial charge in [0.05, 0.1) is 17.6 Å². The summed E-state index contributed by atoms with van der Waals surface area (Å²) < 4.78 is 0. The fraction of sp³-hybridized carbons (Fsp3) is 0.200. The van der Waals surface area contributed by atoms with E-state index in [2.05, 4.69) is 4.98 Å². The number of pyridine rings is 1. The lowest BCUT2D eigenvalue weighted by molar-refractivity contribution is -0.117. The second-order valence-electron chi connectivity index (χ2n) is 3.04. The maximum absolute atomic E-state index is 10.4. The van der Waals surface area contributed by atoms with Gasteiger partial charge in [-0.05, 0) is 24.6 Å². The summed E-state index contributed by atoms with van der Waals surface area (Å²) in [5, 5.41) is 0. The van der Waals surface area contributed by atoms with Crippen LogP contribution in [0.25, 0.3) is 6.08 Å². The van der Waals surface area contributed by atoms with Crippen LogP contribution in [0.4, 0.5) is 5.69 Å². The van der Waals surface area contributed by atoms with Gasteiger partial charge in [0, 0.05) is 6.42 Å². The van der Waals surface area contributed by atoms with Crippen molar-refractivity contribution in [3.05, 3.63) is 29.6 Å². The summed E-state index contributed by atoms with van der Waals surface area (Å²) in [5.41, 5.74) is 13.0. The largest absolute Gasteiger partial charge is 0.397 e. The second-order valence-corrected chi connectivity index (χ2v) is 3.04. The molecule has 0 fully saturated rings. The average molecular weight is 191 g/mol. The highest BCUT2D eigenvalue weighted by molar-refractivity contribution is 5.76. The van der Waals surface area contributed by atoms with Gasteiger partial charge >= 0.3 is 0 Å². The number of nitrogens with two attached hydrogens (primary N) is 2. The summed E-state index contributed by atoms with van der Waals surface area (Å²) >= 11 is 0. The highest BCUT2D eigenvalue weighted by Crippen LogP contribution is 2.10. The fourth-order valence-corrected chi connectivity index (χ4v) is 0.975. The first-order valence-electron chi connectivity index (χ1n) is 4.26. The number of carbonyl (C=O) groups is 1. The summed E-state index contributed by atoms with van der Waals surface area (Å²) in [5.74, 6) is -0.353. The van der Waals surface area contributed by atoms with Crippen molar-refractivity contribution in [2.75, 3.05) is 5.73 Å². The first kappa shape index (κ1) is 10.2. The maximum atomic E-state index is 10.4. The van der Waals surface area contributed by atoms with Crippen molar-refractivity contribution in [1.29, 1.82) is 0 Å². The number of anilines is 1. The number of primary amides is 1. The van der Waals surface area contributed by atoms with E-state index in [1.165, 1.54) is 0 Å². The molecule has 1 heterocycles. The quantitative estimate of drug-likeness (QED) is 0.743. The number of nitrogen functional groups attached to an aromatic ring is 1. The van der Waals surface area contributed by atoms with E-state index in [-0.39, 0.29) is 12.3 Å². The number of amides is 1. The molecule has 0 bridgehead atoms. The Kier molecular flexibility index (Phi) is 3.23. The normalized spacial score (nSPS) is 10.6. The summed E-state index contributed by atoms with van der Waals surface area (Å²) in [6.45, 7) is 1.91. The van der Waals surface area contributed by atoms with Crippen molar-refractivity contribution < 1.29 is 4.79 Å². The summed E-state index contributed by atoms with van der Waals surface area (Å²) in [7, 11) is 0. The number of carbonyl (C=O) groups excluding carboxylic acids is 1. The molecule has 0 atom stereocenters. The molecule has 0 spiro atoms. The molecular weight excluding hydrogens is 178 g/mol. The third kappa shape index (κ3) is 2.90. The molecule has 1 amide bonds. The van der Waals surface area contributed by atoms with Crippen LogP contribution >= 0.6 is 0 Å². The van der Waals surface area contributed by atoms with Gasteiger partial charge in [-0.2, -0.15) is 0 Å². The minimum absolute atomic E-state index is 0.227. The molecule has 4 N–H and O–H groups in total. The smallest absolute Gasteiger partial charge is 0.221 e. The van der Waals surface area contributed by atoms with Gasteiger partial charge in [-0.25, -0.2) is 0 Å². The number of hydrogen-bond donors (Lipinski definition) is 2. The Morgan fingerprint density at radius 3 is 2.93 bits per heavy atom. The highest BCUT2D eigenvalue weighted by atomic mass is 16.1. The minimum Gasteiger partial charge on any atom is -0.397 e. The van der Waals surface area contributed by atoms with Crippen molar-refractivity contribution >= 4 is 17.7 Å². The van der Waals surface area contributed by atoms with Gasteiger partial charge in [-0.15, -0.1) is 0 Å². The van der Waals surface area contributed by atoms with Crippen molar-refractivity contribution in [3.8, 4) is 0 Å². The lowest BCUT2D eigenvalue weighted by Gasteiger charge is -1.99. The third-order valence-electron chi connectivity index (χ3n) is 1.78. The van der Waals surface area contributed by atoms with Gasteiger partial charge in [-0.3, -0.25) is 9.78 Å². The van der Waals surface area contributed by atoms with Gasteiger partial charge in [0.1, 0.15) is 0 Å². The van der Waals surface area contributed by atoms with Crippen LogP contribution in [-0.4, -0.2) is 10.9 Å². The molecule has 1 aromatic rings. The van der Waals surface area contributed by atoms with Crippen molar-refractivity contribution in [1.82, 2.24) is 4.98 Å². The summed E-state index contributed by atoms with van der Waals surface area (Å²) in [4.78, 5) is 14.5. The number of aromatic nitrogens is 1. The van der Waals surface area contributed by atoms with E-state index in [4.69, 9.17) is 11.5 Å². The number of aryl methyl sites for hydroxylation is 1. The Morgan fingerprint density at radius 2 is 2.36 bits per heavy atom. The molecule has 4 heteroatoms.